The van der Waals surface area contributed by atoms with Gasteiger partial charge in [-0.3, -0.25) is 4.79 Å². The molecule has 0 spiro atoms. The summed E-state index contributed by atoms with van der Waals surface area (Å²) in [6.07, 6.45) is -1.67. The van der Waals surface area contributed by atoms with Gasteiger partial charge in [0.2, 0.25) is 15.9 Å². The average Bonchev–Trinajstić information content (AvgIpc) is 3.02. The molecular formula is C18H16BrF2IN2O3S. The summed E-state index contributed by atoms with van der Waals surface area (Å²) in [5, 5.41) is 2.68. The van der Waals surface area contributed by atoms with Crippen LogP contribution in [0.15, 0.2) is 51.8 Å². The molecule has 0 saturated carbocycles. The van der Waals surface area contributed by atoms with E-state index in [-0.39, 0.29) is 17.9 Å². The molecule has 0 aliphatic carbocycles. The summed E-state index contributed by atoms with van der Waals surface area (Å²) in [6.45, 7) is -0.223. The predicted molar refractivity (Wildman–Crippen MR) is 112 cm³/mol. The maximum absolute atomic E-state index is 14.0. The number of sulfonamides is 1. The van der Waals surface area contributed by atoms with Gasteiger partial charge in [-0.15, -0.1) is 0 Å². The van der Waals surface area contributed by atoms with E-state index in [0.29, 0.717) is 0 Å². The van der Waals surface area contributed by atoms with Gasteiger partial charge >= 0.3 is 0 Å². The zero-order valence-corrected chi connectivity index (χ0v) is 19.0. The van der Waals surface area contributed by atoms with Crippen molar-refractivity contribution < 1.29 is 22.0 Å². The summed E-state index contributed by atoms with van der Waals surface area (Å²) >= 11 is 5.52. The molecule has 1 fully saturated rings. The summed E-state index contributed by atoms with van der Waals surface area (Å²) in [4.78, 5) is 12.4. The molecule has 3 rings (SSSR count). The van der Waals surface area contributed by atoms with Crippen LogP contribution in [0.4, 0.5) is 8.78 Å². The van der Waals surface area contributed by atoms with E-state index in [2.05, 4.69) is 43.8 Å². The summed E-state index contributed by atoms with van der Waals surface area (Å²) in [5.41, 5.74) is 0.829. The lowest BCUT2D eigenvalue weighted by Crippen LogP contribution is -2.45. The number of alkyl halides is 1. The Kier molecular flexibility index (Phi) is 6.72. The molecule has 1 heterocycles. The first kappa shape index (κ1) is 21.6. The van der Waals surface area contributed by atoms with Gasteiger partial charge in [0.25, 0.3) is 0 Å². The van der Waals surface area contributed by atoms with E-state index in [4.69, 9.17) is 0 Å². The highest BCUT2D eigenvalue weighted by Gasteiger charge is 2.44. The monoisotopic (exact) mass is 584 g/mol. The Morgan fingerprint density at radius 1 is 1.25 bits per heavy atom. The molecule has 2 atom stereocenters. The summed E-state index contributed by atoms with van der Waals surface area (Å²) in [6, 6.07) is 8.71. The largest absolute Gasteiger partial charge is 0.351 e. The van der Waals surface area contributed by atoms with Crippen molar-refractivity contribution in [2.45, 2.75) is 30.1 Å². The number of carbonyl (C=O) groups excluding carboxylic acids is 1. The number of amides is 1. The van der Waals surface area contributed by atoms with Gasteiger partial charge in [-0.2, -0.15) is 4.31 Å². The minimum Gasteiger partial charge on any atom is -0.351 e. The van der Waals surface area contributed by atoms with Crippen LogP contribution in [0.5, 0.6) is 0 Å². The quantitative estimate of drug-likeness (QED) is 0.546. The van der Waals surface area contributed by atoms with Crippen molar-refractivity contribution in [2.24, 2.45) is 0 Å². The number of nitrogens with one attached hydrogen (secondary N) is 1. The maximum Gasteiger partial charge on any atom is 0.243 e. The molecule has 2 aromatic carbocycles. The second kappa shape index (κ2) is 8.72. The van der Waals surface area contributed by atoms with Gasteiger partial charge in [0.15, 0.2) is 0 Å². The maximum atomic E-state index is 14.0. The molecule has 5 nitrogen and oxygen atoms in total. The third-order valence-corrected chi connectivity index (χ3v) is 7.29. The van der Waals surface area contributed by atoms with Gasteiger partial charge < -0.3 is 5.32 Å². The number of benzene rings is 2. The number of hydrogen-bond donors (Lipinski definition) is 1. The summed E-state index contributed by atoms with van der Waals surface area (Å²) in [5.74, 6) is -1.15. The third-order valence-electron chi connectivity index (χ3n) is 4.32. The number of hydrogen-bond acceptors (Lipinski definition) is 3. The smallest absolute Gasteiger partial charge is 0.243 e. The normalized spacial score (nSPS) is 20.3. The van der Waals surface area contributed by atoms with Crippen LogP contribution in [-0.4, -0.2) is 37.4 Å². The van der Waals surface area contributed by atoms with Crippen LogP contribution in [0.3, 0.4) is 0 Å². The van der Waals surface area contributed by atoms with Crippen molar-refractivity contribution in [2.75, 3.05) is 6.54 Å². The van der Waals surface area contributed by atoms with Crippen LogP contribution in [-0.2, 0) is 21.4 Å². The number of carbonyl (C=O) groups is 1. The Hall–Kier alpha value is -1.11. The van der Waals surface area contributed by atoms with Crippen LogP contribution in [0.1, 0.15) is 12.0 Å². The van der Waals surface area contributed by atoms with E-state index in [1.165, 1.54) is 0 Å². The highest BCUT2D eigenvalue weighted by Crippen LogP contribution is 2.28. The van der Waals surface area contributed by atoms with Crippen LogP contribution in [0.2, 0.25) is 0 Å². The van der Waals surface area contributed by atoms with E-state index in [9.17, 15) is 22.0 Å². The second-order valence-corrected chi connectivity index (χ2v) is 10.4. The first-order valence-electron chi connectivity index (χ1n) is 8.31. The van der Waals surface area contributed by atoms with Crippen LogP contribution < -0.4 is 5.32 Å². The highest BCUT2D eigenvalue weighted by molar-refractivity contribution is 14.1. The van der Waals surface area contributed by atoms with E-state index in [1.807, 2.05) is 18.2 Å². The lowest BCUT2D eigenvalue weighted by atomic mass is 10.2. The minimum atomic E-state index is -4.12. The highest BCUT2D eigenvalue weighted by atomic mass is 127. The van der Waals surface area contributed by atoms with Crippen molar-refractivity contribution in [1.82, 2.24) is 9.62 Å². The first-order valence-corrected chi connectivity index (χ1v) is 11.6. The Bertz CT molecular complexity index is 969. The average molecular weight is 585 g/mol. The first-order chi connectivity index (χ1) is 13.2. The molecule has 28 heavy (non-hydrogen) atoms. The lowest BCUT2D eigenvalue weighted by molar-refractivity contribution is -0.124. The molecule has 1 aliphatic rings. The molecule has 1 amide bonds. The van der Waals surface area contributed by atoms with E-state index in [0.717, 1.165) is 42.2 Å². The second-order valence-electron chi connectivity index (χ2n) is 6.37. The van der Waals surface area contributed by atoms with Gasteiger partial charge in [-0.1, -0.05) is 15.9 Å². The molecule has 0 radical (unpaired) electrons. The molecule has 1 saturated heterocycles. The molecule has 2 unspecified atom stereocenters. The molecular weight excluding hydrogens is 569 g/mol. The molecule has 1 N–H and O–H groups in total. The zero-order valence-electron chi connectivity index (χ0n) is 14.4. The van der Waals surface area contributed by atoms with Gasteiger partial charge in [0, 0.05) is 27.6 Å². The number of halogens is 4. The Morgan fingerprint density at radius 3 is 2.57 bits per heavy atom. The van der Waals surface area contributed by atoms with Gasteiger partial charge in [0.1, 0.15) is 18.0 Å². The van der Waals surface area contributed by atoms with Crippen molar-refractivity contribution in [3.05, 3.63) is 61.9 Å². The Balaban J connectivity index is 1.77. The van der Waals surface area contributed by atoms with Crippen LogP contribution in [0, 0.1) is 9.39 Å². The van der Waals surface area contributed by atoms with E-state index >= 15 is 0 Å². The molecule has 2 aromatic rings. The van der Waals surface area contributed by atoms with Gasteiger partial charge in [-0.05, 0) is 70.6 Å². The third kappa shape index (κ3) is 4.89. The molecule has 10 heteroatoms. The van der Waals surface area contributed by atoms with Crippen molar-refractivity contribution in [3.63, 3.8) is 0 Å². The minimum absolute atomic E-state index is 0.178. The Morgan fingerprint density at radius 2 is 1.93 bits per heavy atom. The molecule has 150 valence electrons. The fourth-order valence-corrected chi connectivity index (χ4v) is 6.35. The Labute approximate surface area is 183 Å². The zero-order chi connectivity index (χ0) is 20.5. The number of nitrogens with zero attached hydrogens (tertiary/aromatic N) is 1. The molecule has 1 aliphatic heterocycles. The van der Waals surface area contributed by atoms with Gasteiger partial charge in [-0.25, -0.2) is 17.2 Å². The van der Waals surface area contributed by atoms with Crippen LogP contribution >= 0.6 is 38.5 Å². The standard InChI is InChI=1S/C18H16BrF2IN2O3S/c19-12-5-11(6-15(22)7-12)9-23-18(25)17-8-14(21)10-24(17)28(26,27)16-3-1-13(20)2-4-16/h1-7,14,17H,8-10H2,(H,23,25). The van der Waals surface area contributed by atoms with E-state index in [1.54, 1.807) is 0 Å². The van der Waals surface area contributed by atoms with Crippen molar-refractivity contribution >= 4 is 54.5 Å². The van der Waals surface area contributed by atoms with Crippen LogP contribution in [0.25, 0.3) is 0 Å². The fraction of sp³-hybridized carbons (Fsp3) is 0.278. The van der Waals surface area contributed by atoms with Gasteiger partial charge in [0.05, 0.1) is 4.90 Å². The number of rotatable bonds is 5. The lowest BCUT2D eigenvalue weighted by Gasteiger charge is -2.23. The summed E-state index contributed by atoms with van der Waals surface area (Å²) < 4.78 is 55.4. The molecule has 0 aromatic heterocycles. The molecule has 0 bridgehead atoms. The summed E-state index contributed by atoms with van der Waals surface area (Å²) in [7, 11) is -4.12. The van der Waals surface area contributed by atoms with Crippen molar-refractivity contribution in [3.8, 4) is 0 Å². The SMILES string of the molecule is O=C(NCc1cc(Br)cc(I)c1)C1CC(F)CN1S(=O)(=O)c1ccc(F)cc1. The van der Waals surface area contributed by atoms with E-state index < -0.39 is 40.5 Å². The topological polar surface area (TPSA) is 66.5 Å². The predicted octanol–water partition coefficient (Wildman–Crippen LogP) is 3.61. The van der Waals surface area contributed by atoms with Crippen molar-refractivity contribution in [1.29, 1.82) is 0 Å². The fourth-order valence-electron chi connectivity index (χ4n) is 3.02.